The van der Waals surface area contributed by atoms with Crippen molar-refractivity contribution in [2.75, 3.05) is 13.2 Å². The summed E-state index contributed by atoms with van der Waals surface area (Å²) < 4.78 is 6.52. The van der Waals surface area contributed by atoms with Crippen LogP contribution in [0.4, 0.5) is 0 Å². The zero-order chi connectivity index (χ0) is 24.6. The Hall–Kier alpha value is -3.23. The average molecular weight is 478 g/mol. The molecule has 1 spiro atoms. The van der Waals surface area contributed by atoms with Crippen LogP contribution in [0.2, 0.25) is 0 Å². The number of nitrogens with zero attached hydrogens (tertiary/aromatic N) is 1. The first kappa shape index (κ1) is 23.5. The Labute approximate surface area is 204 Å². The SMILES string of the molecule is C[C@]12CCC3(O1)C(C(=O)NCc1ccccc1)N(CCO)C(=O)[C@@H]3[C@H]2C(=O)NCc1ccccc1. The Bertz CT molecular complexity index is 1110. The Morgan fingerprint density at radius 2 is 1.54 bits per heavy atom. The van der Waals surface area contributed by atoms with Gasteiger partial charge in [-0.05, 0) is 30.9 Å². The van der Waals surface area contributed by atoms with Crippen molar-refractivity contribution in [1.82, 2.24) is 15.5 Å². The third-order valence-corrected chi connectivity index (χ3v) is 7.77. The molecule has 2 bridgehead atoms. The van der Waals surface area contributed by atoms with Gasteiger partial charge in [0, 0.05) is 19.6 Å². The van der Waals surface area contributed by atoms with Crippen LogP contribution < -0.4 is 10.6 Å². The standard InChI is InChI=1S/C27H31N3O5/c1-26-12-13-27(35-26)21(20(26)23(32)28-16-18-8-4-2-5-9-18)25(34)30(14-15-31)22(27)24(33)29-17-19-10-6-3-7-11-19/h2-11,20-22,31H,12-17H2,1H3,(H,28,32)(H,29,33)/t20-,21-,22?,26+,27?/m0/s1. The number of aliphatic hydroxyl groups excluding tert-OH is 1. The number of amides is 3. The molecule has 8 nitrogen and oxygen atoms in total. The van der Waals surface area contributed by atoms with E-state index in [4.69, 9.17) is 4.74 Å². The van der Waals surface area contributed by atoms with Crippen LogP contribution in [0.25, 0.3) is 0 Å². The van der Waals surface area contributed by atoms with Crippen molar-refractivity contribution in [1.29, 1.82) is 0 Å². The lowest BCUT2D eigenvalue weighted by Crippen LogP contribution is -2.55. The van der Waals surface area contributed by atoms with Crippen LogP contribution in [0.1, 0.15) is 30.9 Å². The number of likely N-dealkylation sites (tertiary alicyclic amines) is 1. The van der Waals surface area contributed by atoms with Crippen molar-refractivity contribution >= 4 is 17.7 Å². The number of carbonyl (C=O) groups excluding carboxylic acids is 3. The molecule has 3 heterocycles. The second kappa shape index (κ2) is 9.09. The van der Waals surface area contributed by atoms with Gasteiger partial charge < -0.3 is 25.4 Å². The first-order valence-electron chi connectivity index (χ1n) is 12.1. The van der Waals surface area contributed by atoms with E-state index in [1.54, 1.807) is 0 Å². The number of benzene rings is 2. The van der Waals surface area contributed by atoms with Crippen molar-refractivity contribution in [3.8, 4) is 0 Å². The lowest BCUT2D eigenvalue weighted by atomic mass is 9.66. The van der Waals surface area contributed by atoms with Crippen LogP contribution in [0, 0.1) is 11.8 Å². The van der Waals surface area contributed by atoms with Gasteiger partial charge in [0.15, 0.2) is 0 Å². The molecule has 0 aliphatic carbocycles. The number of β-amino-alcohol motifs (C(OH)–C–C–N with tert-alkyl or cyclic N) is 1. The topological polar surface area (TPSA) is 108 Å². The van der Waals surface area contributed by atoms with Crippen molar-refractivity contribution in [3.63, 3.8) is 0 Å². The highest BCUT2D eigenvalue weighted by atomic mass is 16.5. The molecular weight excluding hydrogens is 446 g/mol. The molecule has 0 radical (unpaired) electrons. The Morgan fingerprint density at radius 1 is 0.971 bits per heavy atom. The summed E-state index contributed by atoms with van der Waals surface area (Å²) >= 11 is 0. The van der Waals surface area contributed by atoms with E-state index in [1.807, 2.05) is 67.6 Å². The fourth-order valence-electron chi connectivity index (χ4n) is 6.25. The maximum Gasteiger partial charge on any atom is 0.246 e. The molecule has 0 saturated carbocycles. The highest BCUT2D eigenvalue weighted by Crippen LogP contribution is 2.63. The first-order valence-corrected chi connectivity index (χ1v) is 12.1. The smallest absolute Gasteiger partial charge is 0.246 e. The molecule has 35 heavy (non-hydrogen) atoms. The van der Waals surface area contributed by atoms with Gasteiger partial charge in [-0.3, -0.25) is 14.4 Å². The molecule has 3 aliphatic rings. The number of hydrogen-bond acceptors (Lipinski definition) is 5. The van der Waals surface area contributed by atoms with E-state index in [-0.39, 0.29) is 30.9 Å². The summed E-state index contributed by atoms with van der Waals surface area (Å²) in [6, 6.07) is 18.2. The van der Waals surface area contributed by atoms with Gasteiger partial charge >= 0.3 is 0 Å². The molecule has 3 aliphatic heterocycles. The number of nitrogens with one attached hydrogen (secondary N) is 2. The van der Waals surface area contributed by atoms with Crippen LogP contribution in [0.5, 0.6) is 0 Å². The summed E-state index contributed by atoms with van der Waals surface area (Å²) in [6.45, 7) is 2.27. The third-order valence-electron chi connectivity index (χ3n) is 7.77. The van der Waals surface area contributed by atoms with E-state index in [9.17, 15) is 19.5 Å². The molecule has 2 aromatic rings. The molecule has 3 saturated heterocycles. The van der Waals surface area contributed by atoms with Crippen molar-refractivity contribution in [2.45, 2.75) is 50.1 Å². The van der Waals surface area contributed by atoms with Crippen molar-refractivity contribution < 1.29 is 24.2 Å². The minimum absolute atomic E-state index is 0.0128. The lowest BCUT2D eigenvalue weighted by Gasteiger charge is -2.33. The van der Waals surface area contributed by atoms with E-state index in [2.05, 4.69) is 10.6 Å². The monoisotopic (exact) mass is 477 g/mol. The Kier molecular flexibility index (Phi) is 6.11. The minimum atomic E-state index is -1.09. The van der Waals surface area contributed by atoms with Gasteiger partial charge in [0.25, 0.3) is 0 Å². The Morgan fingerprint density at radius 3 is 2.11 bits per heavy atom. The molecule has 3 amide bonds. The molecule has 184 valence electrons. The summed E-state index contributed by atoms with van der Waals surface area (Å²) in [5.41, 5.74) is -0.0155. The second-order valence-electron chi connectivity index (χ2n) is 9.89. The predicted molar refractivity (Wildman–Crippen MR) is 128 cm³/mol. The predicted octanol–water partition coefficient (Wildman–Crippen LogP) is 1.38. The highest BCUT2D eigenvalue weighted by Gasteiger charge is 2.77. The van der Waals surface area contributed by atoms with Gasteiger partial charge in [0.1, 0.15) is 11.6 Å². The first-order chi connectivity index (χ1) is 16.9. The highest BCUT2D eigenvalue weighted by molar-refractivity contribution is 5.99. The van der Waals surface area contributed by atoms with E-state index >= 15 is 0 Å². The number of fused-ring (bicyclic) bond motifs is 1. The summed E-state index contributed by atoms with van der Waals surface area (Å²) in [5.74, 6) is -2.35. The number of hydrogen-bond donors (Lipinski definition) is 3. The van der Waals surface area contributed by atoms with Crippen molar-refractivity contribution in [2.24, 2.45) is 11.8 Å². The van der Waals surface area contributed by atoms with Gasteiger partial charge in [0.05, 0.1) is 24.0 Å². The van der Waals surface area contributed by atoms with E-state index in [1.165, 1.54) is 4.90 Å². The van der Waals surface area contributed by atoms with Crippen LogP contribution >= 0.6 is 0 Å². The van der Waals surface area contributed by atoms with Crippen LogP contribution in [-0.4, -0.2) is 58.1 Å². The van der Waals surface area contributed by atoms with Crippen LogP contribution in [-0.2, 0) is 32.2 Å². The summed E-state index contributed by atoms with van der Waals surface area (Å²) in [6.07, 6.45) is 1.09. The molecule has 2 unspecified atom stereocenters. The molecule has 8 heteroatoms. The van der Waals surface area contributed by atoms with E-state index in [0.717, 1.165) is 11.1 Å². The van der Waals surface area contributed by atoms with E-state index < -0.39 is 29.1 Å². The molecule has 2 aromatic carbocycles. The zero-order valence-corrected chi connectivity index (χ0v) is 19.8. The molecular formula is C27H31N3O5. The average Bonchev–Trinajstić information content (AvgIpc) is 3.43. The number of carbonyl (C=O) groups is 3. The van der Waals surface area contributed by atoms with Gasteiger partial charge in [-0.25, -0.2) is 0 Å². The molecule has 5 atom stereocenters. The maximum atomic E-state index is 13.7. The van der Waals surface area contributed by atoms with E-state index in [0.29, 0.717) is 25.9 Å². The second-order valence-corrected chi connectivity index (χ2v) is 9.89. The third kappa shape index (κ3) is 3.90. The summed E-state index contributed by atoms with van der Waals surface area (Å²) in [4.78, 5) is 42.0. The minimum Gasteiger partial charge on any atom is -0.395 e. The van der Waals surface area contributed by atoms with Gasteiger partial charge in [0.2, 0.25) is 17.7 Å². The van der Waals surface area contributed by atoms with Crippen molar-refractivity contribution in [3.05, 3.63) is 71.8 Å². The molecule has 5 rings (SSSR count). The molecule has 0 aromatic heterocycles. The summed E-state index contributed by atoms with van der Waals surface area (Å²) in [7, 11) is 0. The lowest BCUT2D eigenvalue weighted by molar-refractivity contribution is -0.146. The number of rotatable bonds is 8. The van der Waals surface area contributed by atoms with Gasteiger partial charge in [-0.1, -0.05) is 60.7 Å². The maximum absolute atomic E-state index is 13.7. The molecule has 3 N–H and O–H groups in total. The van der Waals surface area contributed by atoms with Crippen LogP contribution in [0.3, 0.4) is 0 Å². The quantitative estimate of drug-likeness (QED) is 0.532. The fraction of sp³-hybridized carbons (Fsp3) is 0.444. The number of aliphatic hydroxyl groups is 1. The zero-order valence-electron chi connectivity index (χ0n) is 19.8. The largest absolute Gasteiger partial charge is 0.395 e. The van der Waals surface area contributed by atoms with Gasteiger partial charge in [-0.2, -0.15) is 0 Å². The Balaban J connectivity index is 1.40. The molecule has 3 fully saturated rings. The van der Waals surface area contributed by atoms with Gasteiger partial charge in [-0.15, -0.1) is 0 Å². The fourth-order valence-corrected chi connectivity index (χ4v) is 6.25. The summed E-state index contributed by atoms with van der Waals surface area (Å²) in [5, 5.41) is 15.6. The number of ether oxygens (including phenoxy) is 1. The normalized spacial score (nSPS) is 30.9. The van der Waals surface area contributed by atoms with Crippen LogP contribution in [0.15, 0.2) is 60.7 Å².